The molecule has 1 N–H and O–H groups in total. The Morgan fingerprint density at radius 1 is 1.09 bits per heavy atom. The van der Waals surface area contributed by atoms with Crippen molar-refractivity contribution in [3.8, 4) is 11.5 Å². The number of carbonyl (C=O) groups is 2. The van der Waals surface area contributed by atoms with Gasteiger partial charge in [-0.05, 0) is 35.9 Å². The maximum atomic E-state index is 11.7. The lowest BCUT2D eigenvalue weighted by Gasteiger charge is -2.03. The van der Waals surface area contributed by atoms with Crippen molar-refractivity contribution in [3.63, 3.8) is 0 Å². The van der Waals surface area contributed by atoms with E-state index in [0.29, 0.717) is 11.1 Å². The van der Waals surface area contributed by atoms with Gasteiger partial charge >= 0.3 is 11.9 Å². The van der Waals surface area contributed by atoms with Crippen LogP contribution in [-0.4, -0.2) is 24.2 Å². The van der Waals surface area contributed by atoms with Gasteiger partial charge in [0.05, 0.1) is 12.7 Å². The van der Waals surface area contributed by atoms with E-state index in [1.54, 1.807) is 42.5 Å². The normalized spacial score (nSPS) is 10.4. The van der Waals surface area contributed by atoms with E-state index in [0.717, 1.165) is 6.08 Å². The summed E-state index contributed by atoms with van der Waals surface area (Å²) >= 11 is 0. The summed E-state index contributed by atoms with van der Waals surface area (Å²) in [7, 11) is 1.43. The minimum atomic E-state index is -0.777. The number of hydrogen-bond donors (Lipinski definition) is 1. The van der Waals surface area contributed by atoms with Crippen LogP contribution in [0.4, 0.5) is 0 Å². The number of methoxy groups -OCH3 is 1. The first-order chi connectivity index (χ1) is 10.6. The average molecular weight is 298 g/mol. The van der Waals surface area contributed by atoms with Crippen molar-refractivity contribution < 1.29 is 24.2 Å². The van der Waals surface area contributed by atoms with Gasteiger partial charge in [0.15, 0.2) is 11.5 Å². The van der Waals surface area contributed by atoms with Gasteiger partial charge in [-0.1, -0.05) is 24.3 Å². The minimum absolute atomic E-state index is 0.00137. The number of ether oxygens (including phenoxy) is 2. The third-order valence-corrected chi connectivity index (χ3v) is 2.82. The van der Waals surface area contributed by atoms with Crippen molar-refractivity contribution in [1.82, 2.24) is 0 Å². The molecule has 2 rings (SSSR count). The second kappa shape index (κ2) is 7.08. The zero-order chi connectivity index (χ0) is 15.9. The largest absolute Gasteiger partial charge is 0.504 e. The zero-order valence-electron chi connectivity index (χ0n) is 11.9. The molecule has 22 heavy (non-hydrogen) atoms. The topological polar surface area (TPSA) is 72.8 Å². The summed E-state index contributed by atoms with van der Waals surface area (Å²) in [6.45, 7) is 0. The van der Waals surface area contributed by atoms with Crippen LogP contribution in [-0.2, 0) is 9.53 Å². The maximum absolute atomic E-state index is 11.7. The molecule has 112 valence electrons. The van der Waals surface area contributed by atoms with Crippen LogP contribution in [0, 0.1) is 0 Å². The number of hydrogen-bond acceptors (Lipinski definition) is 5. The van der Waals surface area contributed by atoms with Gasteiger partial charge in [-0.3, -0.25) is 0 Å². The molecule has 5 nitrogen and oxygen atoms in total. The number of aromatic hydroxyl groups is 1. The molecule has 0 unspecified atom stereocenters. The first kappa shape index (κ1) is 15.3. The highest BCUT2D eigenvalue weighted by Crippen LogP contribution is 2.26. The fourth-order valence-corrected chi connectivity index (χ4v) is 1.72. The van der Waals surface area contributed by atoms with Gasteiger partial charge in [0.1, 0.15) is 0 Å². The Morgan fingerprint density at radius 3 is 2.50 bits per heavy atom. The van der Waals surface area contributed by atoms with E-state index in [1.165, 1.54) is 19.3 Å². The molecule has 0 saturated carbocycles. The van der Waals surface area contributed by atoms with Crippen LogP contribution in [0.5, 0.6) is 11.5 Å². The van der Waals surface area contributed by atoms with E-state index in [2.05, 4.69) is 0 Å². The molecule has 5 heteroatoms. The Hall–Kier alpha value is -3.08. The minimum Gasteiger partial charge on any atom is -0.504 e. The second-order valence-electron chi connectivity index (χ2n) is 4.34. The third-order valence-electron chi connectivity index (χ3n) is 2.82. The predicted octanol–water partition coefficient (Wildman–Crippen LogP) is 2.80. The molecule has 0 aliphatic carbocycles. The Kier molecular flexibility index (Phi) is 4.93. The highest BCUT2D eigenvalue weighted by Gasteiger charge is 2.10. The van der Waals surface area contributed by atoms with Crippen LogP contribution in [0.1, 0.15) is 15.9 Å². The van der Waals surface area contributed by atoms with Crippen LogP contribution in [0.3, 0.4) is 0 Å². The molecule has 0 aromatic heterocycles. The summed E-state index contributed by atoms with van der Waals surface area (Å²) in [6.07, 6.45) is 2.59. The summed E-state index contributed by atoms with van der Waals surface area (Å²) in [5.41, 5.74) is 0.925. The molecule has 0 fully saturated rings. The molecule has 0 bridgehead atoms. The molecule has 0 amide bonds. The van der Waals surface area contributed by atoms with Crippen molar-refractivity contribution in [2.75, 3.05) is 7.11 Å². The first-order valence-electron chi connectivity index (χ1n) is 6.46. The number of esters is 2. The van der Waals surface area contributed by atoms with E-state index in [9.17, 15) is 14.7 Å². The van der Waals surface area contributed by atoms with Gasteiger partial charge in [0, 0.05) is 6.08 Å². The highest BCUT2D eigenvalue weighted by molar-refractivity contribution is 6.01. The summed E-state index contributed by atoms with van der Waals surface area (Å²) < 4.78 is 9.65. The van der Waals surface area contributed by atoms with Crippen molar-refractivity contribution in [2.24, 2.45) is 0 Å². The third kappa shape index (κ3) is 3.96. The number of phenolic OH excluding ortho intramolecular Hbond substituents is 1. The summed E-state index contributed by atoms with van der Waals surface area (Å²) in [4.78, 5) is 23.3. The van der Waals surface area contributed by atoms with Crippen LogP contribution >= 0.6 is 0 Å². The van der Waals surface area contributed by atoms with Gasteiger partial charge < -0.3 is 14.6 Å². The van der Waals surface area contributed by atoms with Crippen LogP contribution in [0.2, 0.25) is 0 Å². The van der Waals surface area contributed by atoms with Crippen molar-refractivity contribution in [3.05, 3.63) is 65.7 Å². The quantitative estimate of drug-likeness (QED) is 0.534. The maximum Gasteiger partial charge on any atom is 0.346 e. The second-order valence-corrected chi connectivity index (χ2v) is 4.34. The average Bonchev–Trinajstić information content (AvgIpc) is 2.55. The molecular formula is C17H14O5. The van der Waals surface area contributed by atoms with E-state index in [4.69, 9.17) is 9.47 Å². The zero-order valence-corrected chi connectivity index (χ0v) is 11.9. The van der Waals surface area contributed by atoms with Gasteiger partial charge in [-0.15, -0.1) is 0 Å². The summed E-state index contributed by atoms with van der Waals surface area (Å²) in [6, 6.07) is 12.8. The molecule has 0 aliphatic heterocycles. The lowest BCUT2D eigenvalue weighted by atomic mass is 10.2. The molecule has 0 atom stereocenters. The number of phenols is 1. The van der Waals surface area contributed by atoms with Crippen LogP contribution in [0.25, 0.3) is 6.08 Å². The van der Waals surface area contributed by atoms with E-state index in [1.807, 2.05) is 0 Å². The molecule has 0 saturated heterocycles. The Labute approximate surface area is 127 Å². The van der Waals surface area contributed by atoms with Crippen molar-refractivity contribution in [1.29, 1.82) is 0 Å². The fourth-order valence-electron chi connectivity index (χ4n) is 1.72. The van der Waals surface area contributed by atoms with Gasteiger partial charge in [0.25, 0.3) is 0 Å². The van der Waals surface area contributed by atoms with Crippen molar-refractivity contribution >= 4 is 18.0 Å². The van der Waals surface area contributed by atoms with E-state index >= 15 is 0 Å². The molecule has 0 radical (unpaired) electrons. The molecule has 0 spiro atoms. The monoisotopic (exact) mass is 298 g/mol. The lowest BCUT2D eigenvalue weighted by molar-refractivity contribution is -0.132. The van der Waals surface area contributed by atoms with Crippen LogP contribution < -0.4 is 4.74 Å². The molecule has 0 heterocycles. The SMILES string of the molecule is COc1cc(C=CC(=O)OC(=O)c2ccccc2)ccc1O. The molecule has 0 aliphatic rings. The van der Waals surface area contributed by atoms with Gasteiger partial charge in [-0.2, -0.15) is 0 Å². The lowest BCUT2D eigenvalue weighted by Crippen LogP contribution is -2.10. The molecular weight excluding hydrogens is 284 g/mol. The van der Waals surface area contributed by atoms with Gasteiger partial charge in [0.2, 0.25) is 0 Å². The number of carbonyl (C=O) groups excluding carboxylic acids is 2. The predicted molar refractivity (Wildman–Crippen MR) is 80.6 cm³/mol. The van der Waals surface area contributed by atoms with Crippen molar-refractivity contribution in [2.45, 2.75) is 0 Å². The van der Waals surface area contributed by atoms with Gasteiger partial charge in [-0.25, -0.2) is 9.59 Å². The summed E-state index contributed by atoms with van der Waals surface area (Å²) in [5, 5.41) is 9.47. The fraction of sp³-hybridized carbons (Fsp3) is 0.0588. The summed E-state index contributed by atoms with van der Waals surface area (Å²) in [5.74, 6) is -1.20. The Bertz CT molecular complexity index is 704. The van der Waals surface area contributed by atoms with E-state index < -0.39 is 11.9 Å². The number of benzene rings is 2. The number of rotatable bonds is 4. The Morgan fingerprint density at radius 2 is 1.82 bits per heavy atom. The smallest absolute Gasteiger partial charge is 0.346 e. The molecule has 2 aromatic rings. The Balaban J connectivity index is 2.01. The highest BCUT2D eigenvalue weighted by atomic mass is 16.6. The molecule has 2 aromatic carbocycles. The van der Waals surface area contributed by atoms with Crippen LogP contribution in [0.15, 0.2) is 54.6 Å². The first-order valence-corrected chi connectivity index (χ1v) is 6.46. The van der Waals surface area contributed by atoms with E-state index in [-0.39, 0.29) is 11.5 Å². The standard InChI is InChI=1S/C17H14O5/c1-21-15-11-12(7-9-14(15)18)8-10-16(19)22-17(20)13-5-3-2-4-6-13/h2-11,18H,1H3.